The lowest BCUT2D eigenvalue weighted by Gasteiger charge is -2.31. The number of rotatable bonds is 2. The molecule has 13 heavy (non-hydrogen) atoms. The standard InChI is InChI=1S/C10H20N2O/c1-8-10(4-6-13-8)12-5-2-3-9(12)7-11/h8-10H,2-7,11H2,1H3. The fraction of sp³-hybridized carbons (Fsp3) is 1.00. The number of ether oxygens (including phenoxy) is 1. The Morgan fingerprint density at radius 3 is 2.92 bits per heavy atom. The van der Waals surface area contributed by atoms with E-state index in [1.807, 2.05) is 0 Å². The summed E-state index contributed by atoms with van der Waals surface area (Å²) in [6, 6.07) is 1.25. The fourth-order valence-electron chi connectivity index (χ4n) is 2.70. The van der Waals surface area contributed by atoms with Crippen LogP contribution in [0.3, 0.4) is 0 Å². The largest absolute Gasteiger partial charge is 0.377 e. The third-order valence-electron chi connectivity index (χ3n) is 3.46. The predicted octanol–water partition coefficient (Wildman–Crippen LogP) is 0.587. The lowest BCUT2D eigenvalue weighted by Crippen LogP contribution is -2.45. The third kappa shape index (κ3) is 1.73. The van der Waals surface area contributed by atoms with Crippen molar-refractivity contribution in [3.05, 3.63) is 0 Å². The van der Waals surface area contributed by atoms with E-state index in [-0.39, 0.29) is 0 Å². The second kappa shape index (κ2) is 3.95. The molecular weight excluding hydrogens is 164 g/mol. The van der Waals surface area contributed by atoms with Crippen LogP contribution in [0.25, 0.3) is 0 Å². The van der Waals surface area contributed by atoms with Crippen molar-refractivity contribution in [2.24, 2.45) is 5.73 Å². The number of likely N-dealkylation sites (tertiary alicyclic amines) is 1. The van der Waals surface area contributed by atoms with Crippen molar-refractivity contribution in [2.75, 3.05) is 19.7 Å². The molecule has 0 spiro atoms. The van der Waals surface area contributed by atoms with Crippen LogP contribution in [0.4, 0.5) is 0 Å². The van der Waals surface area contributed by atoms with Crippen LogP contribution in [-0.4, -0.2) is 42.8 Å². The van der Waals surface area contributed by atoms with Gasteiger partial charge in [0, 0.05) is 25.2 Å². The Labute approximate surface area is 80.2 Å². The molecule has 2 aliphatic heterocycles. The molecule has 2 rings (SSSR count). The van der Waals surface area contributed by atoms with Crippen LogP contribution in [0.15, 0.2) is 0 Å². The molecule has 0 saturated carbocycles. The third-order valence-corrected chi connectivity index (χ3v) is 3.46. The molecular formula is C10H20N2O. The number of nitrogens with zero attached hydrogens (tertiary/aromatic N) is 1. The van der Waals surface area contributed by atoms with Crippen molar-refractivity contribution < 1.29 is 4.74 Å². The summed E-state index contributed by atoms with van der Waals surface area (Å²) in [5.74, 6) is 0. The van der Waals surface area contributed by atoms with E-state index < -0.39 is 0 Å². The highest BCUT2D eigenvalue weighted by molar-refractivity contribution is 4.90. The first kappa shape index (κ1) is 9.44. The van der Waals surface area contributed by atoms with E-state index in [1.54, 1.807) is 0 Å². The van der Waals surface area contributed by atoms with Crippen molar-refractivity contribution in [1.29, 1.82) is 0 Å². The Bertz CT molecular complexity index is 174. The van der Waals surface area contributed by atoms with E-state index in [0.717, 1.165) is 13.2 Å². The molecule has 2 heterocycles. The maximum absolute atomic E-state index is 5.75. The van der Waals surface area contributed by atoms with Gasteiger partial charge in [-0.2, -0.15) is 0 Å². The van der Waals surface area contributed by atoms with E-state index >= 15 is 0 Å². The minimum atomic E-state index is 0.409. The highest BCUT2D eigenvalue weighted by Crippen LogP contribution is 2.27. The molecule has 0 aromatic rings. The first-order valence-corrected chi connectivity index (χ1v) is 5.40. The summed E-state index contributed by atoms with van der Waals surface area (Å²) in [6.45, 7) is 5.15. The molecule has 2 aliphatic rings. The van der Waals surface area contributed by atoms with Crippen molar-refractivity contribution in [3.8, 4) is 0 Å². The normalized spacial score (nSPS) is 41.5. The average Bonchev–Trinajstić information content (AvgIpc) is 2.71. The first-order chi connectivity index (χ1) is 6.33. The maximum atomic E-state index is 5.75. The molecule has 0 aromatic carbocycles. The minimum absolute atomic E-state index is 0.409. The van der Waals surface area contributed by atoms with Gasteiger partial charge in [0.1, 0.15) is 0 Å². The first-order valence-electron chi connectivity index (χ1n) is 5.40. The molecule has 3 unspecified atom stereocenters. The van der Waals surface area contributed by atoms with Gasteiger partial charge in [-0.05, 0) is 32.7 Å². The molecule has 2 saturated heterocycles. The molecule has 0 amide bonds. The Hall–Kier alpha value is -0.120. The van der Waals surface area contributed by atoms with E-state index in [0.29, 0.717) is 18.2 Å². The zero-order valence-electron chi connectivity index (χ0n) is 8.41. The molecule has 2 fully saturated rings. The van der Waals surface area contributed by atoms with Gasteiger partial charge in [0.05, 0.1) is 6.10 Å². The Kier molecular flexibility index (Phi) is 2.86. The average molecular weight is 184 g/mol. The van der Waals surface area contributed by atoms with Gasteiger partial charge < -0.3 is 10.5 Å². The Balaban J connectivity index is 1.98. The molecule has 0 radical (unpaired) electrons. The van der Waals surface area contributed by atoms with E-state index in [9.17, 15) is 0 Å². The summed E-state index contributed by atoms with van der Waals surface area (Å²) in [4.78, 5) is 2.57. The van der Waals surface area contributed by atoms with Gasteiger partial charge in [-0.25, -0.2) is 0 Å². The smallest absolute Gasteiger partial charge is 0.0703 e. The summed E-state index contributed by atoms with van der Waals surface area (Å²) in [6.07, 6.45) is 4.19. The highest BCUT2D eigenvalue weighted by Gasteiger charge is 2.35. The highest BCUT2D eigenvalue weighted by atomic mass is 16.5. The van der Waals surface area contributed by atoms with Gasteiger partial charge in [0.25, 0.3) is 0 Å². The summed E-state index contributed by atoms with van der Waals surface area (Å²) < 4.78 is 5.59. The lowest BCUT2D eigenvalue weighted by atomic mass is 10.1. The van der Waals surface area contributed by atoms with Crippen LogP contribution in [0.1, 0.15) is 26.2 Å². The van der Waals surface area contributed by atoms with Crippen LogP contribution in [0.5, 0.6) is 0 Å². The van der Waals surface area contributed by atoms with Gasteiger partial charge in [-0.15, -0.1) is 0 Å². The maximum Gasteiger partial charge on any atom is 0.0703 e. The van der Waals surface area contributed by atoms with Crippen LogP contribution in [0, 0.1) is 0 Å². The summed E-state index contributed by atoms with van der Waals surface area (Å²) >= 11 is 0. The van der Waals surface area contributed by atoms with Gasteiger partial charge in [-0.3, -0.25) is 4.90 Å². The van der Waals surface area contributed by atoms with Crippen LogP contribution >= 0.6 is 0 Å². The quantitative estimate of drug-likeness (QED) is 0.682. The molecule has 0 aromatic heterocycles. The molecule has 0 bridgehead atoms. The second-order valence-electron chi connectivity index (χ2n) is 4.20. The topological polar surface area (TPSA) is 38.5 Å². The molecule has 0 aliphatic carbocycles. The minimum Gasteiger partial charge on any atom is -0.377 e. The Morgan fingerprint density at radius 1 is 1.46 bits per heavy atom. The fourth-order valence-corrected chi connectivity index (χ4v) is 2.70. The van der Waals surface area contributed by atoms with Crippen LogP contribution in [0.2, 0.25) is 0 Å². The summed E-state index contributed by atoms with van der Waals surface area (Å²) in [5.41, 5.74) is 5.75. The molecule has 3 atom stereocenters. The number of hydrogen-bond acceptors (Lipinski definition) is 3. The van der Waals surface area contributed by atoms with Crippen molar-refractivity contribution in [1.82, 2.24) is 4.90 Å². The van der Waals surface area contributed by atoms with Gasteiger partial charge in [0.15, 0.2) is 0 Å². The number of nitrogens with two attached hydrogens (primary N) is 1. The van der Waals surface area contributed by atoms with Gasteiger partial charge in [0.2, 0.25) is 0 Å². The second-order valence-corrected chi connectivity index (χ2v) is 4.20. The number of hydrogen-bond donors (Lipinski definition) is 1. The zero-order valence-corrected chi connectivity index (χ0v) is 8.41. The van der Waals surface area contributed by atoms with Crippen molar-refractivity contribution >= 4 is 0 Å². The molecule has 2 N–H and O–H groups in total. The summed E-state index contributed by atoms with van der Waals surface area (Å²) in [7, 11) is 0. The Morgan fingerprint density at radius 2 is 2.31 bits per heavy atom. The van der Waals surface area contributed by atoms with E-state index in [1.165, 1.54) is 25.8 Å². The van der Waals surface area contributed by atoms with Crippen molar-refractivity contribution in [2.45, 2.75) is 44.4 Å². The molecule has 3 nitrogen and oxygen atoms in total. The molecule has 3 heteroatoms. The van der Waals surface area contributed by atoms with Gasteiger partial charge in [-0.1, -0.05) is 0 Å². The van der Waals surface area contributed by atoms with E-state index in [4.69, 9.17) is 10.5 Å². The summed E-state index contributed by atoms with van der Waals surface area (Å²) in [5, 5.41) is 0. The van der Waals surface area contributed by atoms with Crippen LogP contribution < -0.4 is 5.73 Å². The van der Waals surface area contributed by atoms with E-state index in [2.05, 4.69) is 11.8 Å². The predicted molar refractivity (Wildman–Crippen MR) is 52.6 cm³/mol. The van der Waals surface area contributed by atoms with Crippen LogP contribution in [-0.2, 0) is 4.74 Å². The van der Waals surface area contributed by atoms with Gasteiger partial charge >= 0.3 is 0 Å². The molecule has 76 valence electrons. The SMILES string of the molecule is CC1OCCC1N1CCCC1CN. The zero-order chi connectivity index (χ0) is 9.26. The van der Waals surface area contributed by atoms with Crippen molar-refractivity contribution in [3.63, 3.8) is 0 Å². The lowest BCUT2D eigenvalue weighted by molar-refractivity contribution is 0.0699. The monoisotopic (exact) mass is 184 g/mol.